The normalized spacial score (nSPS) is 12.1. The Labute approximate surface area is 174 Å². The molecule has 0 unspecified atom stereocenters. The van der Waals surface area contributed by atoms with E-state index in [1.165, 1.54) is 10.0 Å². The number of allylic oxidation sites excluding steroid dienone is 1. The molecule has 4 rings (SSSR count). The fourth-order valence-electron chi connectivity index (χ4n) is 3.25. The number of carbonyl (C=O) groups excluding carboxylic acids is 1. The number of esters is 1. The molecule has 150 valence electrons. The molecular weight excluding hydrogens is 398 g/mol. The van der Waals surface area contributed by atoms with Gasteiger partial charge in [0.2, 0.25) is 0 Å². The molecule has 5 nitrogen and oxygen atoms in total. The van der Waals surface area contributed by atoms with E-state index in [4.69, 9.17) is 4.74 Å². The molecule has 0 fully saturated rings. The largest absolute Gasteiger partial charge is 0.423 e. The zero-order valence-electron chi connectivity index (χ0n) is 16.2. The molecular formula is C24H19NO4S. The monoisotopic (exact) mass is 417 g/mol. The maximum absolute atomic E-state index is 13.4. The topological polar surface area (TPSA) is 65.4 Å². The van der Waals surface area contributed by atoms with Gasteiger partial charge in [-0.2, -0.15) is 0 Å². The Morgan fingerprint density at radius 3 is 2.17 bits per heavy atom. The van der Waals surface area contributed by atoms with Crippen molar-refractivity contribution in [3.63, 3.8) is 0 Å². The molecule has 6 heteroatoms. The van der Waals surface area contributed by atoms with Crippen molar-refractivity contribution in [2.75, 3.05) is 0 Å². The quantitative estimate of drug-likeness (QED) is 0.264. The maximum Gasteiger partial charge on any atom is 0.336 e. The summed E-state index contributed by atoms with van der Waals surface area (Å²) in [5.74, 6) is -0.156. The Kier molecular flexibility index (Phi) is 5.25. The Morgan fingerprint density at radius 1 is 0.867 bits per heavy atom. The van der Waals surface area contributed by atoms with Gasteiger partial charge >= 0.3 is 5.97 Å². The van der Waals surface area contributed by atoms with Crippen molar-refractivity contribution in [2.45, 2.75) is 11.8 Å². The number of ether oxygens (including phenoxy) is 1. The van der Waals surface area contributed by atoms with Crippen molar-refractivity contribution < 1.29 is 17.9 Å². The molecule has 0 saturated heterocycles. The van der Waals surface area contributed by atoms with Gasteiger partial charge in [0.1, 0.15) is 5.75 Å². The van der Waals surface area contributed by atoms with E-state index in [0.717, 1.165) is 5.39 Å². The van der Waals surface area contributed by atoms with E-state index in [1.807, 2.05) is 18.2 Å². The number of carbonyl (C=O) groups is 1. The molecule has 0 saturated carbocycles. The van der Waals surface area contributed by atoms with E-state index in [-0.39, 0.29) is 4.90 Å². The highest BCUT2D eigenvalue weighted by atomic mass is 32.2. The molecule has 0 N–H and O–H groups in total. The highest BCUT2D eigenvalue weighted by Gasteiger charge is 2.23. The number of para-hydroxylation sites is 2. The fourth-order valence-corrected chi connectivity index (χ4v) is 4.84. The summed E-state index contributed by atoms with van der Waals surface area (Å²) in [6.45, 7) is 1.69. The first kappa shape index (κ1) is 19.7. The highest BCUT2D eigenvalue weighted by molar-refractivity contribution is 7.90. The van der Waals surface area contributed by atoms with Gasteiger partial charge in [0.15, 0.2) is 0 Å². The van der Waals surface area contributed by atoms with Gasteiger partial charge in [-0.15, -0.1) is 0 Å². The maximum atomic E-state index is 13.4. The summed E-state index contributed by atoms with van der Waals surface area (Å²) >= 11 is 0. The number of fused-ring (bicyclic) bond motifs is 1. The SMILES string of the molecule is C/C(=C\C(=O)Oc1ccccc1)c1cc2ccccc2n1S(=O)(=O)c1ccccc1. The fraction of sp³-hybridized carbons (Fsp3) is 0.0417. The van der Waals surface area contributed by atoms with Gasteiger partial charge in [-0.3, -0.25) is 0 Å². The first-order valence-corrected chi connectivity index (χ1v) is 10.8. The van der Waals surface area contributed by atoms with Gasteiger partial charge in [0.25, 0.3) is 10.0 Å². The number of hydrogen-bond donors (Lipinski definition) is 0. The van der Waals surface area contributed by atoms with E-state index in [9.17, 15) is 13.2 Å². The van der Waals surface area contributed by atoms with Gasteiger partial charge in [0.05, 0.1) is 16.1 Å². The van der Waals surface area contributed by atoms with Gasteiger partial charge in [-0.25, -0.2) is 17.2 Å². The molecule has 1 heterocycles. The van der Waals surface area contributed by atoms with Gasteiger partial charge in [0, 0.05) is 11.5 Å². The lowest BCUT2D eigenvalue weighted by molar-refractivity contribution is -0.128. The van der Waals surface area contributed by atoms with Crippen LogP contribution in [-0.4, -0.2) is 18.4 Å². The minimum absolute atomic E-state index is 0.173. The zero-order valence-corrected chi connectivity index (χ0v) is 17.0. The van der Waals surface area contributed by atoms with Crippen LogP contribution in [0.1, 0.15) is 12.6 Å². The lowest BCUT2D eigenvalue weighted by Crippen LogP contribution is -2.15. The predicted molar refractivity (Wildman–Crippen MR) is 117 cm³/mol. The van der Waals surface area contributed by atoms with Crippen LogP contribution in [0.25, 0.3) is 16.5 Å². The molecule has 0 aliphatic carbocycles. The van der Waals surface area contributed by atoms with Crippen LogP contribution < -0.4 is 4.74 Å². The van der Waals surface area contributed by atoms with Crippen LogP contribution in [0.2, 0.25) is 0 Å². The minimum Gasteiger partial charge on any atom is -0.423 e. The molecule has 1 aromatic heterocycles. The second-order valence-electron chi connectivity index (χ2n) is 6.73. The number of hydrogen-bond acceptors (Lipinski definition) is 4. The zero-order chi connectivity index (χ0) is 21.1. The number of nitrogens with zero attached hydrogens (tertiary/aromatic N) is 1. The first-order valence-electron chi connectivity index (χ1n) is 9.33. The van der Waals surface area contributed by atoms with Crippen LogP contribution in [-0.2, 0) is 14.8 Å². The molecule has 0 aliphatic rings. The second kappa shape index (κ2) is 8.00. The van der Waals surface area contributed by atoms with E-state index in [1.54, 1.807) is 79.7 Å². The van der Waals surface area contributed by atoms with Crippen LogP contribution in [0.4, 0.5) is 0 Å². The molecule has 30 heavy (non-hydrogen) atoms. The van der Waals surface area contributed by atoms with Crippen molar-refractivity contribution in [1.29, 1.82) is 0 Å². The third-order valence-corrected chi connectivity index (χ3v) is 6.39. The number of benzene rings is 3. The van der Waals surface area contributed by atoms with Crippen molar-refractivity contribution >= 4 is 32.5 Å². The smallest absolute Gasteiger partial charge is 0.336 e. The third kappa shape index (κ3) is 3.77. The van der Waals surface area contributed by atoms with Crippen LogP contribution in [0, 0.1) is 0 Å². The minimum atomic E-state index is -3.87. The summed E-state index contributed by atoms with van der Waals surface area (Å²) in [5.41, 5.74) is 1.43. The summed E-state index contributed by atoms with van der Waals surface area (Å²) < 4.78 is 33.5. The molecule has 4 aromatic rings. The van der Waals surface area contributed by atoms with Gasteiger partial charge in [-0.05, 0) is 48.9 Å². The molecule has 0 aliphatic heterocycles. The third-order valence-electron chi connectivity index (χ3n) is 4.65. The second-order valence-corrected chi connectivity index (χ2v) is 8.52. The summed E-state index contributed by atoms with van der Waals surface area (Å²) in [7, 11) is -3.87. The lowest BCUT2D eigenvalue weighted by Gasteiger charge is -2.12. The van der Waals surface area contributed by atoms with Crippen LogP contribution >= 0.6 is 0 Å². The van der Waals surface area contributed by atoms with Gasteiger partial charge in [-0.1, -0.05) is 54.6 Å². The summed E-state index contributed by atoms with van der Waals surface area (Å²) in [6, 6.07) is 25.9. The predicted octanol–water partition coefficient (Wildman–Crippen LogP) is 4.89. The van der Waals surface area contributed by atoms with Crippen molar-refractivity contribution in [2.24, 2.45) is 0 Å². The first-order chi connectivity index (χ1) is 14.5. The molecule has 3 aromatic carbocycles. The standard InChI is InChI=1S/C24H19NO4S/c1-18(16-24(26)29-20-11-4-2-5-12-20)23-17-19-10-8-9-15-22(19)25(23)30(27,28)21-13-6-3-7-14-21/h2-17H,1H3/b18-16+. The molecule has 0 atom stereocenters. The van der Waals surface area contributed by atoms with E-state index in [0.29, 0.717) is 22.5 Å². The Balaban J connectivity index is 1.81. The summed E-state index contributed by atoms with van der Waals surface area (Å²) in [6.07, 6.45) is 1.30. The summed E-state index contributed by atoms with van der Waals surface area (Å²) in [5, 5.41) is 0.760. The van der Waals surface area contributed by atoms with Crippen LogP contribution in [0.15, 0.2) is 102 Å². The summed E-state index contributed by atoms with van der Waals surface area (Å²) in [4.78, 5) is 12.6. The number of aromatic nitrogens is 1. The van der Waals surface area contributed by atoms with Crippen molar-refractivity contribution in [1.82, 2.24) is 3.97 Å². The lowest BCUT2D eigenvalue weighted by atomic mass is 10.2. The Morgan fingerprint density at radius 2 is 1.47 bits per heavy atom. The molecule has 0 spiro atoms. The van der Waals surface area contributed by atoms with Crippen LogP contribution in [0.3, 0.4) is 0 Å². The van der Waals surface area contributed by atoms with Crippen LogP contribution in [0.5, 0.6) is 5.75 Å². The Bertz CT molecular complexity index is 1340. The average Bonchev–Trinajstić information content (AvgIpc) is 3.16. The Hall–Kier alpha value is -3.64. The highest BCUT2D eigenvalue weighted by Crippen LogP contribution is 2.29. The van der Waals surface area contributed by atoms with E-state index >= 15 is 0 Å². The van der Waals surface area contributed by atoms with E-state index < -0.39 is 16.0 Å². The van der Waals surface area contributed by atoms with Crippen molar-refractivity contribution in [3.8, 4) is 5.75 Å². The van der Waals surface area contributed by atoms with E-state index in [2.05, 4.69) is 0 Å². The molecule has 0 bridgehead atoms. The molecule has 0 radical (unpaired) electrons. The number of rotatable bonds is 5. The molecule has 0 amide bonds. The van der Waals surface area contributed by atoms with Crippen molar-refractivity contribution in [3.05, 3.63) is 103 Å². The van der Waals surface area contributed by atoms with Gasteiger partial charge < -0.3 is 4.74 Å². The average molecular weight is 417 g/mol.